The Morgan fingerprint density at radius 3 is 2.92 bits per heavy atom. The summed E-state index contributed by atoms with van der Waals surface area (Å²) in [6.45, 7) is 1.43. The fourth-order valence-electron chi connectivity index (χ4n) is 3.37. The van der Waals surface area contributed by atoms with Gasteiger partial charge < -0.3 is 10.2 Å². The third kappa shape index (κ3) is 4.32. The van der Waals surface area contributed by atoms with Crippen LogP contribution in [0, 0.1) is 11.7 Å². The van der Waals surface area contributed by atoms with E-state index in [9.17, 15) is 9.18 Å². The molecule has 1 N–H and O–H groups in total. The Bertz CT molecular complexity index is 737. The van der Waals surface area contributed by atoms with Crippen molar-refractivity contribution in [2.24, 2.45) is 5.92 Å². The summed E-state index contributed by atoms with van der Waals surface area (Å²) in [6, 6.07) is 6.47. The second-order valence-corrected chi connectivity index (χ2v) is 6.42. The monoisotopic (exact) mass is 342 g/mol. The van der Waals surface area contributed by atoms with E-state index in [-0.39, 0.29) is 18.1 Å². The number of carbonyl (C=O) groups excluding carboxylic acids is 1. The highest BCUT2D eigenvalue weighted by atomic mass is 19.1. The number of nitrogens with one attached hydrogen (secondary N) is 1. The maximum absolute atomic E-state index is 13.8. The molecule has 0 radical (unpaired) electrons. The summed E-state index contributed by atoms with van der Waals surface area (Å²) < 4.78 is 13.8. The minimum absolute atomic E-state index is 0.0113. The number of likely N-dealkylation sites (tertiary alicyclic amines) is 1. The maximum atomic E-state index is 13.8. The summed E-state index contributed by atoms with van der Waals surface area (Å²) in [5.74, 6) is 0.810. The standard InChI is InChI=1S/C19H23FN4O/c1-21-19-17(22-8-9-23-19)11-14-5-4-10-24(13-14)18(25)12-15-6-2-3-7-16(15)20/h2-3,6-9,14H,4-5,10-13H2,1H3,(H,21,23)/t14-/m1/s1. The van der Waals surface area contributed by atoms with Crippen molar-refractivity contribution in [3.05, 3.63) is 53.7 Å². The van der Waals surface area contributed by atoms with Gasteiger partial charge in [-0.15, -0.1) is 0 Å². The van der Waals surface area contributed by atoms with Crippen LogP contribution in [-0.4, -0.2) is 40.9 Å². The number of benzene rings is 1. The third-order valence-electron chi connectivity index (χ3n) is 4.66. The van der Waals surface area contributed by atoms with Crippen LogP contribution < -0.4 is 5.32 Å². The summed E-state index contributed by atoms with van der Waals surface area (Å²) in [4.78, 5) is 23.1. The van der Waals surface area contributed by atoms with Crippen LogP contribution in [0.15, 0.2) is 36.7 Å². The lowest BCUT2D eigenvalue weighted by Gasteiger charge is -2.33. The van der Waals surface area contributed by atoms with Crippen LogP contribution in [0.5, 0.6) is 0 Å². The second-order valence-electron chi connectivity index (χ2n) is 6.42. The fraction of sp³-hybridized carbons (Fsp3) is 0.421. The van der Waals surface area contributed by atoms with E-state index in [1.807, 2.05) is 11.9 Å². The summed E-state index contributed by atoms with van der Waals surface area (Å²) in [7, 11) is 1.83. The molecule has 1 saturated heterocycles. The van der Waals surface area contributed by atoms with Crippen LogP contribution in [0.4, 0.5) is 10.2 Å². The van der Waals surface area contributed by atoms with Gasteiger partial charge >= 0.3 is 0 Å². The maximum Gasteiger partial charge on any atom is 0.227 e. The first kappa shape index (κ1) is 17.3. The number of halogens is 1. The van der Waals surface area contributed by atoms with Gasteiger partial charge in [-0.1, -0.05) is 18.2 Å². The van der Waals surface area contributed by atoms with Gasteiger partial charge in [0.15, 0.2) is 0 Å². The van der Waals surface area contributed by atoms with Crippen molar-refractivity contribution < 1.29 is 9.18 Å². The lowest BCUT2D eigenvalue weighted by atomic mass is 9.92. The lowest BCUT2D eigenvalue weighted by molar-refractivity contribution is -0.132. The molecule has 1 atom stereocenters. The van der Waals surface area contributed by atoms with E-state index in [0.29, 0.717) is 18.0 Å². The summed E-state index contributed by atoms with van der Waals surface area (Å²) >= 11 is 0. The summed E-state index contributed by atoms with van der Waals surface area (Å²) in [5.41, 5.74) is 1.39. The molecule has 132 valence electrons. The van der Waals surface area contributed by atoms with Crippen molar-refractivity contribution in [3.63, 3.8) is 0 Å². The molecule has 1 amide bonds. The number of amides is 1. The Balaban J connectivity index is 1.63. The normalized spacial score (nSPS) is 17.4. The van der Waals surface area contributed by atoms with E-state index < -0.39 is 0 Å². The quantitative estimate of drug-likeness (QED) is 0.908. The molecule has 0 saturated carbocycles. The van der Waals surface area contributed by atoms with Gasteiger partial charge in [-0.2, -0.15) is 0 Å². The van der Waals surface area contributed by atoms with Crippen molar-refractivity contribution in [1.82, 2.24) is 14.9 Å². The van der Waals surface area contributed by atoms with Crippen molar-refractivity contribution in [1.29, 1.82) is 0 Å². The van der Waals surface area contributed by atoms with E-state index in [4.69, 9.17) is 0 Å². The Morgan fingerprint density at radius 1 is 1.32 bits per heavy atom. The zero-order valence-corrected chi connectivity index (χ0v) is 14.4. The number of aromatic nitrogens is 2. The highest BCUT2D eigenvalue weighted by Crippen LogP contribution is 2.23. The molecule has 25 heavy (non-hydrogen) atoms. The molecule has 0 unspecified atom stereocenters. The van der Waals surface area contributed by atoms with Crippen LogP contribution in [0.3, 0.4) is 0 Å². The summed E-state index contributed by atoms with van der Waals surface area (Å²) in [5, 5.41) is 3.06. The Morgan fingerprint density at radius 2 is 2.12 bits per heavy atom. The SMILES string of the molecule is CNc1nccnc1C[C@H]1CCCN(C(=O)Cc2ccccc2F)C1. The van der Waals surface area contributed by atoms with E-state index in [1.165, 1.54) is 6.07 Å². The molecule has 1 aliphatic rings. The fourth-order valence-corrected chi connectivity index (χ4v) is 3.37. The molecule has 6 heteroatoms. The lowest BCUT2D eigenvalue weighted by Crippen LogP contribution is -2.41. The number of piperidine rings is 1. The van der Waals surface area contributed by atoms with E-state index >= 15 is 0 Å². The first-order valence-electron chi connectivity index (χ1n) is 8.66. The molecule has 5 nitrogen and oxygen atoms in total. The highest BCUT2D eigenvalue weighted by molar-refractivity contribution is 5.79. The number of rotatable bonds is 5. The Kier molecular flexibility index (Phi) is 5.58. The largest absolute Gasteiger partial charge is 0.372 e. The smallest absolute Gasteiger partial charge is 0.227 e. The Hall–Kier alpha value is -2.50. The molecule has 0 spiro atoms. The van der Waals surface area contributed by atoms with Gasteiger partial charge in [0.1, 0.15) is 11.6 Å². The van der Waals surface area contributed by atoms with Gasteiger partial charge in [-0.3, -0.25) is 9.78 Å². The molecule has 1 fully saturated rings. The third-order valence-corrected chi connectivity index (χ3v) is 4.66. The van der Waals surface area contributed by atoms with Crippen LogP contribution >= 0.6 is 0 Å². The van der Waals surface area contributed by atoms with E-state index in [0.717, 1.165) is 37.3 Å². The zero-order chi connectivity index (χ0) is 17.6. The predicted molar refractivity (Wildman–Crippen MR) is 94.7 cm³/mol. The Labute approximate surface area is 147 Å². The van der Waals surface area contributed by atoms with Gasteiger partial charge in [0.05, 0.1) is 12.1 Å². The van der Waals surface area contributed by atoms with Crippen molar-refractivity contribution in [3.8, 4) is 0 Å². The number of hydrogen-bond acceptors (Lipinski definition) is 4. The predicted octanol–water partition coefficient (Wildman–Crippen LogP) is 2.68. The molecule has 1 aromatic carbocycles. The second kappa shape index (κ2) is 8.05. The molecule has 1 aliphatic heterocycles. The van der Waals surface area contributed by atoms with Gasteiger partial charge in [0, 0.05) is 32.5 Å². The molecule has 0 aliphatic carbocycles. The van der Waals surface area contributed by atoms with E-state index in [2.05, 4.69) is 15.3 Å². The molecule has 0 bridgehead atoms. The van der Waals surface area contributed by atoms with Crippen molar-refractivity contribution in [2.45, 2.75) is 25.7 Å². The average molecular weight is 342 g/mol. The highest BCUT2D eigenvalue weighted by Gasteiger charge is 2.25. The van der Waals surface area contributed by atoms with Gasteiger partial charge in [-0.05, 0) is 36.8 Å². The number of carbonyl (C=O) groups is 1. The zero-order valence-electron chi connectivity index (χ0n) is 14.4. The summed E-state index contributed by atoms with van der Waals surface area (Å²) in [6.07, 6.45) is 6.28. The molecule has 2 aromatic rings. The van der Waals surface area contributed by atoms with Crippen LogP contribution in [0.25, 0.3) is 0 Å². The number of nitrogens with zero attached hydrogens (tertiary/aromatic N) is 3. The minimum Gasteiger partial charge on any atom is -0.372 e. The van der Waals surface area contributed by atoms with Crippen LogP contribution in [0.2, 0.25) is 0 Å². The molecule has 1 aromatic heterocycles. The van der Waals surface area contributed by atoms with Crippen LogP contribution in [-0.2, 0) is 17.6 Å². The minimum atomic E-state index is -0.317. The molecular formula is C19H23FN4O. The van der Waals surface area contributed by atoms with Crippen LogP contribution in [0.1, 0.15) is 24.1 Å². The van der Waals surface area contributed by atoms with E-state index in [1.54, 1.807) is 30.6 Å². The van der Waals surface area contributed by atoms with Crippen molar-refractivity contribution in [2.75, 3.05) is 25.5 Å². The van der Waals surface area contributed by atoms with Gasteiger partial charge in [0.25, 0.3) is 0 Å². The topological polar surface area (TPSA) is 58.1 Å². The number of hydrogen-bond donors (Lipinski definition) is 1. The first-order chi connectivity index (χ1) is 12.2. The van der Waals surface area contributed by atoms with Crippen molar-refractivity contribution >= 4 is 11.7 Å². The molecular weight excluding hydrogens is 319 g/mol. The van der Waals surface area contributed by atoms with Gasteiger partial charge in [0.2, 0.25) is 5.91 Å². The molecule has 3 rings (SSSR count). The van der Waals surface area contributed by atoms with Gasteiger partial charge in [-0.25, -0.2) is 9.37 Å². The first-order valence-corrected chi connectivity index (χ1v) is 8.66. The average Bonchev–Trinajstić information content (AvgIpc) is 2.64. The number of anilines is 1. The molecule has 2 heterocycles.